The molecule has 0 spiro atoms. The molecule has 1 N–H and O–H groups in total. The summed E-state index contributed by atoms with van der Waals surface area (Å²) in [7, 11) is 0. The van der Waals surface area contributed by atoms with Crippen LogP contribution in [0.25, 0.3) is 0 Å². The standard InChI is InChI=1S/C16H22N2/c1-3-13-7-5-9-15(10-13)18-16-12(2)6-4-8-14(16)11-17/h4,6,8,13,15,18H,3,5,7,9-10H2,1-2H3. The number of para-hydroxylation sites is 1. The van der Waals surface area contributed by atoms with E-state index in [-0.39, 0.29) is 0 Å². The van der Waals surface area contributed by atoms with E-state index in [0.29, 0.717) is 6.04 Å². The second-order valence-corrected chi connectivity index (χ2v) is 5.39. The van der Waals surface area contributed by atoms with Crippen LogP contribution in [-0.4, -0.2) is 6.04 Å². The predicted octanol–water partition coefficient (Wildman–Crippen LogP) is 4.25. The number of hydrogen-bond acceptors (Lipinski definition) is 2. The molecule has 1 aromatic carbocycles. The van der Waals surface area contributed by atoms with Gasteiger partial charge in [-0.3, -0.25) is 0 Å². The molecule has 0 aromatic heterocycles. The molecule has 2 heteroatoms. The van der Waals surface area contributed by atoms with Crippen molar-refractivity contribution in [3.05, 3.63) is 29.3 Å². The zero-order chi connectivity index (χ0) is 13.0. The third-order valence-corrected chi connectivity index (χ3v) is 4.10. The maximum Gasteiger partial charge on any atom is 0.101 e. The largest absolute Gasteiger partial charge is 0.381 e. The quantitative estimate of drug-likeness (QED) is 0.860. The van der Waals surface area contributed by atoms with E-state index in [2.05, 4.69) is 31.3 Å². The van der Waals surface area contributed by atoms with Gasteiger partial charge >= 0.3 is 0 Å². The fraction of sp³-hybridized carbons (Fsp3) is 0.562. The monoisotopic (exact) mass is 242 g/mol. The number of hydrogen-bond donors (Lipinski definition) is 1. The van der Waals surface area contributed by atoms with E-state index < -0.39 is 0 Å². The first-order valence-electron chi connectivity index (χ1n) is 7.00. The van der Waals surface area contributed by atoms with Crippen LogP contribution in [0.2, 0.25) is 0 Å². The van der Waals surface area contributed by atoms with Crippen LogP contribution in [0.4, 0.5) is 5.69 Å². The van der Waals surface area contributed by atoms with Gasteiger partial charge in [0.2, 0.25) is 0 Å². The molecule has 2 nitrogen and oxygen atoms in total. The van der Waals surface area contributed by atoms with Gasteiger partial charge in [0.25, 0.3) is 0 Å². The highest BCUT2D eigenvalue weighted by molar-refractivity contribution is 5.62. The van der Waals surface area contributed by atoms with Gasteiger partial charge in [-0.15, -0.1) is 0 Å². The molecule has 1 aromatic rings. The molecule has 1 saturated carbocycles. The van der Waals surface area contributed by atoms with Gasteiger partial charge in [-0.25, -0.2) is 0 Å². The minimum absolute atomic E-state index is 0.539. The SMILES string of the molecule is CCC1CCCC(Nc2c(C)cccc2C#N)C1. The summed E-state index contributed by atoms with van der Waals surface area (Å²) in [6.45, 7) is 4.35. The Morgan fingerprint density at radius 3 is 2.94 bits per heavy atom. The summed E-state index contributed by atoms with van der Waals surface area (Å²) in [5, 5.41) is 12.8. The highest BCUT2D eigenvalue weighted by Gasteiger charge is 2.21. The maximum absolute atomic E-state index is 9.18. The van der Waals surface area contributed by atoms with Crippen molar-refractivity contribution in [2.45, 2.75) is 52.0 Å². The van der Waals surface area contributed by atoms with Crippen molar-refractivity contribution in [2.75, 3.05) is 5.32 Å². The molecule has 0 radical (unpaired) electrons. The molecule has 0 saturated heterocycles. The second-order valence-electron chi connectivity index (χ2n) is 5.39. The van der Waals surface area contributed by atoms with Crippen LogP contribution < -0.4 is 5.32 Å². The van der Waals surface area contributed by atoms with Crippen molar-refractivity contribution in [3.8, 4) is 6.07 Å². The molecule has 0 aliphatic heterocycles. The van der Waals surface area contributed by atoms with Gasteiger partial charge < -0.3 is 5.32 Å². The van der Waals surface area contributed by atoms with Crippen LogP contribution in [0.15, 0.2) is 18.2 Å². The van der Waals surface area contributed by atoms with Crippen LogP contribution in [0, 0.1) is 24.2 Å². The number of anilines is 1. The van der Waals surface area contributed by atoms with E-state index in [1.165, 1.54) is 37.7 Å². The molecule has 2 unspecified atom stereocenters. The lowest BCUT2D eigenvalue weighted by atomic mass is 9.84. The van der Waals surface area contributed by atoms with Gasteiger partial charge in [-0.05, 0) is 37.3 Å². The molecular formula is C16H22N2. The van der Waals surface area contributed by atoms with Crippen LogP contribution >= 0.6 is 0 Å². The van der Waals surface area contributed by atoms with Crippen molar-refractivity contribution in [2.24, 2.45) is 5.92 Å². The molecule has 0 bridgehead atoms. The lowest BCUT2D eigenvalue weighted by Gasteiger charge is -2.30. The van der Waals surface area contributed by atoms with Gasteiger partial charge in [0.1, 0.15) is 6.07 Å². The number of aryl methyl sites for hydroxylation is 1. The number of rotatable bonds is 3. The second kappa shape index (κ2) is 5.91. The summed E-state index contributed by atoms with van der Waals surface area (Å²) in [4.78, 5) is 0. The van der Waals surface area contributed by atoms with E-state index in [9.17, 15) is 5.26 Å². The normalized spacial score (nSPS) is 23.4. The average Bonchev–Trinajstić information content (AvgIpc) is 2.41. The Hall–Kier alpha value is -1.49. The Labute approximate surface area is 110 Å². The van der Waals surface area contributed by atoms with Crippen molar-refractivity contribution >= 4 is 5.69 Å². The van der Waals surface area contributed by atoms with E-state index >= 15 is 0 Å². The lowest BCUT2D eigenvalue weighted by molar-refractivity contribution is 0.327. The lowest BCUT2D eigenvalue weighted by Crippen LogP contribution is -2.27. The van der Waals surface area contributed by atoms with Gasteiger partial charge in [0, 0.05) is 6.04 Å². The Morgan fingerprint density at radius 2 is 2.22 bits per heavy atom. The zero-order valence-electron chi connectivity index (χ0n) is 11.4. The average molecular weight is 242 g/mol. The van der Waals surface area contributed by atoms with E-state index in [0.717, 1.165) is 17.2 Å². The van der Waals surface area contributed by atoms with Crippen LogP contribution in [-0.2, 0) is 0 Å². The Morgan fingerprint density at radius 1 is 1.39 bits per heavy atom. The highest BCUT2D eigenvalue weighted by Crippen LogP contribution is 2.30. The van der Waals surface area contributed by atoms with Crippen LogP contribution in [0.3, 0.4) is 0 Å². The smallest absolute Gasteiger partial charge is 0.101 e. The first kappa shape index (κ1) is 13.0. The topological polar surface area (TPSA) is 35.8 Å². The number of nitriles is 1. The number of nitrogens with one attached hydrogen (secondary N) is 1. The maximum atomic E-state index is 9.18. The van der Waals surface area contributed by atoms with Gasteiger partial charge in [0.15, 0.2) is 0 Å². The fourth-order valence-corrected chi connectivity index (χ4v) is 2.95. The first-order valence-corrected chi connectivity index (χ1v) is 7.00. The first-order chi connectivity index (χ1) is 8.74. The summed E-state index contributed by atoms with van der Waals surface area (Å²) in [5.74, 6) is 0.853. The molecule has 96 valence electrons. The highest BCUT2D eigenvalue weighted by atomic mass is 14.9. The Bertz CT molecular complexity index is 445. The Kier molecular flexibility index (Phi) is 4.25. The molecule has 1 aliphatic carbocycles. The zero-order valence-corrected chi connectivity index (χ0v) is 11.4. The van der Waals surface area contributed by atoms with E-state index in [4.69, 9.17) is 0 Å². The van der Waals surface area contributed by atoms with E-state index in [1.54, 1.807) is 0 Å². The van der Waals surface area contributed by atoms with Gasteiger partial charge in [-0.2, -0.15) is 5.26 Å². The van der Waals surface area contributed by atoms with Crippen molar-refractivity contribution in [1.82, 2.24) is 0 Å². The summed E-state index contributed by atoms with van der Waals surface area (Å²) >= 11 is 0. The van der Waals surface area contributed by atoms with Gasteiger partial charge in [0.05, 0.1) is 11.3 Å². The molecule has 1 fully saturated rings. The van der Waals surface area contributed by atoms with Crippen molar-refractivity contribution < 1.29 is 0 Å². The summed E-state index contributed by atoms with van der Waals surface area (Å²) in [5.41, 5.74) is 2.99. The summed E-state index contributed by atoms with van der Waals surface area (Å²) < 4.78 is 0. The molecular weight excluding hydrogens is 220 g/mol. The van der Waals surface area contributed by atoms with Gasteiger partial charge in [-0.1, -0.05) is 38.3 Å². The number of benzene rings is 1. The third kappa shape index (κ3) is 2.85. The van der Waals surface area contributed by atoms with Crippen molar-refractivity contribution in [3.63, 3.8) is 0 Å². The van der Waals surface area contributed by atoms with Crippen LogP contribution in [0.5, 0.6) is 0 Å². The molecule has 18 heavy (non-hydrogen) atoms. The minimum Gasteiger partial charge on any atom is -0.381 e. The molecule has 0 heterocycles. The molecule has 2 atom stereocenters. The molecule has 2 rings (SSSR count). The summed E-state index contributed by atoms with van der Waals surface area (Å²) in [6.07, 6.45) is 6.43. The predicted molar refractivity (Wildman–Crippen MR) is 75.6 cm³/mol. The Balaban J connectivity index is 2.12. The fourth-order valence-electron chi connectivity index (χ4n) is 2.95. The van der Waals surface area contributed by atoms with Crippen LogP contribution in [0.1, 0.15) is 50.2 Å². The number of nitrogens with zero attached hydrogens (tertiary/aromatic N) is 1. The third-order valence-electron chi connectivity index (χ3n) is 4.10. The molecule has 1 aliphatic rings. The van der Waals surface area contributed by atoms with Crippen molar-refractivity contribution in [1.29, 1.82) is 5.26 Å². The molecule has 0 amide bonds. The summed E-state index contributed by atoms with van der Waals surface area (Å²) in [6, 6.07) is 8.75. The minimum atomic E-state index is 0.539. The van der Waals surface area contributed by atoms with E-state index in [1.807, 2.05) is 12.1 Å².